The summed E-state index contributed by atoms with van der Waals surface area (Å²) >= 11 is 0. The smallest absolute Gasteiger partial charge is 0.229 e. The van der Waals surface area contributed by atoms with Crippen LogP contribution in [0.2, 0.25) is 0 Å². The van der Waals surface area contributed by atoms with Crippen molar-refractivity contribution in [2.45, 2.75) is 11.9 Å². The van der Waals surface area contributed by atoms with Crippen LogP contribution in [0.15, 0.2) is 0 Å². The molecule has 72 valence electrons. The van der Waals surface area contributed by atoms with Gasteiger partial charge >= 0.3 is 0 Å². The number of hydrogen-bond acceptors (Lipinski definition) is 3. The molecule has 6 heteroatoms. The molecule has 0 rings (SSSR count). The molecule has 0 aliphatic carbocycles. The summed E-state index contributed by atoms with van der Waals surface area (Å²) in [6.45, 7) is -0.708. The maximum atomic E-state index is 12.1. The third-order valence-electron chi connectivity index (χ3n) is 1.02. The Morgan fingerprint density at radius 1 is 1.50 bits per heavy atom. The van der Waals surface area contributed by atoms with E-state index in [-0.39, 0.29) is 13.2 Å². The predicted octanol–water partition coefficient (Wildman–Crippen LogP) is -0.764. The first kappa shape index (κ1) is 11.8. The van der Waals surface area contributed by atoms with Crippen molar-refractivity contribution in [1.29, 1.82) is 0 Å². The number of hydrogen-bond donors (Lipinski definition) is 1. The molecule has 1 N–H and O–H groups in total. The zero-order chi connectivity index (χ0) is 9.61. The van der Waals surface area contributed by atoms with Crippen LogP contribution in [0, 0.1) is 0 Å². The summed E-state index contributed by atoms with van der Waals surface area (Å²) in [6.07, 6.45) is -0.836. The average molecular weight is 182 g/mol. The lowest BCUT2D eigenvalue weighted by atomic mass is 10.0. The van der Waals surface area contributed by atoms with Crippen LogP contribution in [-0.4, -0.2) is 51.8 Å². The van der Waals surface area contributed by atoms with E-state index in [1.54, 1.807) is 0 Å². The molecule has 3 nitrogen and oxygen atoms in total. The molecule has 0 saturated heterocycles. The van der Waals surface area contributed by atoms with Gasteiger partial charge < -0.3 is 14.6 Å². The summed E-state index contributed by atoms with van der Waals surface area (Å²) in [5, 5.41) is 8.95. The second-order valence-electron chi connectivity index (χ2n) is 2.69. The highest BCUT2D eigenvalue weighted by Crippen LogP contribution is 2.07. The molecule has 0 spiro atoms. The summed E-state index contributed by atoms with van der Waals surface area (Å²) < 4.78 is 33.3. The Morgan fingerprint density at radius 3 is 2.50 bits per heavy atom. The molecule has 0 aliphatic rings. The van der Waals surface area contributed by atoms with Crippen LogP contribution in [0.4, 0.5) is 8.78 Å². The van der Waals surface area contributed by atoms with Crippen LogP contribution in [0.25, 0.3) is 0 Å². The molecule has 0 radical (unpaired) electrons. The van der Waals surface area contributed by atoms with Crippen molar-refractivity contribution < 1.29 is 23.4 Å². The van der Waals surface area contributed by atoms with Crippen LogP contribution in [-0.2, 0) is 9.47 Å². The molecule has 0 aliphatic heterocycles. The van der Waals surface area contributed by atoms with Gasteiger partial charge in [-0.1, -0.05) is 0 Å². The topological polar surface area (TPSA) is 38.7 Å². The van der Waals surface area contributed by atoms with Gasteiger partial charge in [-0.25, -0.2) is 8.78 Å². The zero-order valence-corrected chi connectivity index (χ0v) is 7.22. The normalized spacial score (nSPS) is 14.7. The Hall–Kier alpha value is -0.195. The van der Waals surface area contributed by atoms with E-state index in [0.717, 1.165) is 7.85 Å². The van der Waals surface area contributed by atoms with Crippen molar-refractivity contribution in [2.75, 3.05) is 26.9 Å². The van der Waals surface area contributed by atoms with Crippen molar-refractivity contribution in [3.8, 4) is 0 Å². The van der Waals surface area contributed by atoms with Gasteiger partial charge in [0.2, 0.25) is 5.82 Å². The lowest BCUT2D eigenvalue weighted by Gasteiger charge is -2.13. The van der Waals surface area contributed by atoms with Gasteiger partial charge in [0.25, 0.3) is 0 Å². The van der Waals surface area contributed by atoms with Gasteiger partial charge in [-0.15, -0.1) is 0 Å². The van der Waals surface area contributed by atoms with Gasteiger partial charge in [0.1, 0.15) is 12.7 Å². The highest BCUT2D eigenvalue weighted by atomic mass is 19.3. The molecule has 0 aromatic heterocycles. The van der Waals surface area contributed by atoms with Crippen LogP contribution in [0.1, 0.15) is 0 Å². The van der Waals surface area contributed by atoms with Crippen LogP contribution in [0.3, 0.4) is 0 Å². The fourth-order valence-corrected chi connectivity index (χ4v) is 0.615. The van der Waals surface area contributed by atoms with Gasteiger partial charge in [-0.2, -0.15) is 0 Å². The van der Waals surface area contributed by atoms with E-state index in [2.05, 4.69) is 9.47 Å². The largest absolute Gasteiger partial charge is 0.388 e. The fourth-order valence-electron chi connectivity index (χ4n) is 0.615. The monoisotopic (exact) mass is 182 g/mol. The van der Waals surface area contributed by atoms with Crippen LogP contribution >= 0.6 is 0 Å². The average Bonchev–Trinajstić information content (AvgIpc) is 1.84. The minimum absolute atomic E-state index is 0.0925. The minimum atomic E-state index is -2.84. The summed E-state index contributed by atoms with van der Waals surface area (Å²) in [4.78, 5) is 0. The summed E-state index contributed by atoms with van der Waals surface area (Å²) in [7, 11) is 2.17. The van der Waals surface area contributed by atoms with E-state index >= 15 is 0 Å². The highest BCUT2D eigenvalue weighted by molar-refractivity contribution is 6.13. The van der Waals surface area contributed by atoms with E-state index in [4.69, 9.17) is 5.11 Å². The number of rotatable bonds is 6. The molecule has 1 unspecified atom stereocenters. The van der Waals surface area contributed by atoms with Crippen molar-refractivity contribution in [1.82, 2.24) is 0 Å². The van der Waals surface area contributed by atoms with Gasteiger partial charge in [0.15, 0.2) is 7.85 Å². The standard InChI is InChI=1S/C6H13BF2O3/c1-11-2-5(10)3-12-4-6(7,8)9/h5,10H,2-4,7H2,1H3. The number of methoxy groups -OCH3 is 1. The van der Waals surface area contributed by atoms with Crippen LogP contribution < -0.4 is 0 Å². The number of aliphatic hydroxyl groups excluding tert-OH is 1. The summed E-state index contributed by atoms with van der Waals surface area (Å²) in [6, 6.07) is 0. The van der Waals surface area contributed by atoms with Gasteiger partial charge in [-0.3, -0.25) is 0 Å². The minimum Gasteiger partial charge on any atom is -0.388 e. The van der Waals surface area contributed by atoms with E-state index < -0.39 is 18.5 Å². The molecule has 12 heavy (non-hydrogen) atoms. The van der Waals surface area contributed by atoms with Crippen molar-refractivity contribution in [2.24, 2.45) is 0 Å². The molecule has 0 bridgehead atoms. The highest BCUT2D eigenvalue weighted by Gasteiger charge is 2.21. The molecule has 0 heterocycles. The second-order valence-corrected chi connectivity index (χ2v) is 2.69. The molecule has 0 fully saturated rings. The Kier molecular flexibility index (Phi) is 5.36. The summed E-state index contributed by atoms with van der Waals surface area (Å²) in [5.74, 6) is -2.84. The van der Waals surface area contributed by atoms with Gasteiger partial charge in [0.05, 0.1) is 13.2 Å². The molecule has 0 aromatic carbocycles. The van der Waals surface area contributed by atoms with E-state index in [1.807, 2.05) is 0 Å². The molecule has 0 saturated carbocycles. The molecule has 0 amide bonds. The first-order valence-corrected chi connectivity index (χ1v) is 3.58. The lowest BCUT2D eigenvalue weighted by Crippen LogP contribution is -2.28. The predicted molar refractivity (Wildman–Crippen MR) is 42.2 cm³/mol. The molecule has 0 aromatic rings. The number of ether oxygens (including phenoxy) is 2. The Bertz CT molecular complexity index is 118. The Morgan fingerprint density at radius 2 is 2.08 bits per heavy atom. The van der Waals surface area contributed by atoms with E-state index in [1.165, 1.54) is 7.11 Å². The molecular formula is C6H13BF2O3. The molecular weight excluding hydrogens is 169 g/mol. The number of alkyl halides is 2. The number of aliphatic hydroxyl groups is 1. The first-order valence-electron chi connectivity index (χ1n) is 3.58. The van der Waals surface area contributed by atoms with E-state index in [9.17, 15) is 8.78 Å². The Balaban J connectivity index is 3.31. The van der Waals surface area contributed by atoms with E-state index in [0.29, 0.717) is 0 Å². The lowest BCUT2D eigenvalue weighted by molar-refractivity contribution is -0.0557. The number of halogens is 2. The zero-order valence-electron chi connectivity index (χ0n) is 7.22. The third kappa shape index (κ3) is 7.91. The SMILES string of the molecule is BC(F)(F)COCC(O)COC. The maximum Gasteiger partial charge on any atom is 0.229 e. The van der Waals surface area contributed by atoms with Gasteiger partial charge in [-0.05, 0) is 0 Å². The fraction of sp³-hybridized carbons (Fsp3) is 1.00. The summed E-state index contributed by atoms with van der Waals surface area (Å²) in [5.41, 5.74) is 0. The second kappa shape index (κ2) is 5.45. The Labute approximate surface area is 71.1 Å². The molecule has 1 atom stereocenters. The first-order chi connectivity index (χ1) is 5.45. The quantitative estimate of drug-likeness (QED) is 0.548. The maximum absolute atomic E-state index is 12.1. The third-order valence-corrected chi connectivity index (χ3v) is 1.02. The van der Waals surface area contributed by atoms with Crippen molar-refractivity contribution in [3.05, 3.63) is 0 Å². The van der Waals surface area contributed by atoms with Gasteiger partial charge in [0, 0.05) is 7.11 Å². The van der Waals surface area contributed by atoms with Crippen LogP contribution in [0.5, 0.6) is 0 Å². The van der Waals surface area contributed by atoms with Crippen molar-refractivity contribution in [3.63, 3.8) is 0 Å². The van der Waals surface area contributed by atoms with Crippen molar-refractivity contribution >= 4 is 7.85 Å².